The van der Waals surface area contributed by atoms with Crippen LogP contribution in [0.2, 0.25) is 0 Å². The van der Waals surface area contributed by atoms with Gasteiger partial charge >= 0.3 is 5.51 Å². The van der Waals surface area contributed by atoms with Crippen LogP contribution in [0, 0.1) is 18.3 Å². The number of nitrogens with one attached hydrogen (secondary N) is 1. The van der Waals surface area contributed by atoms with Crippen molar-refractivity contribution in [3.05, 3.63) is 23.4 Å². The summed E-state index contributed by atoms with van der Waals surface area (Å²) in [5.41, 5.74) is -3.11. The van der Waals surface area contributed by atoms with Gasteiger partial charge in [0, 0.05) is 18.5 Å². The van der Waals surface area contributed by atoms with Gasteiger partial charge in [-0.05, 0) is 30.3 Å². The largest absolute Gasteiger partial charge is 0.441 e. The Bertz CT molecular complexity index is 426. The van der Waals surface area contributed by atoms with E-state index in [1.165, 1.54) is 6.20 Å². The van der Waals surface area contributed by atoms with Crippen LogP contribution in [-0.2, 0) is 0 Å². The highest BCUT2D eigenvalue weighted by molar-refractivity contribution is 8.00. The van der Waals surface area contributed by atoms with Gasteiger partial charge in [0.2, 0.25) is 0 Å². The minimum Gasteiger partial charge on any atom is -0.368 e. The molecule has 0 radical (unpaired) electrons. The van der Waals surface area contributed by atoms with E-state index in [2.05, 4.69) is 10.3 Å². The molecule has 1 aromatic heterocycles. The summed E-state index contributed by atoms with van der Waals surface area (Å²) in [7, 11) is 0. The smallest absolute Gasteiger partial charge is 0.368 e. The molecular weight excluding hydrogens is 251 g/mol. The Hall–Kier alpha value is -1.42. The van der Waals surface area contributed by atoms with Crippen LogP contribution in [0.25, 0.3) is 0 Å². The molecule has 0 fully saturated rings. The van der Waals surface area contributed by atoms with Gasteiger partial charge in [-0.1, -0.05) is 0 Å². The number of aromatic nitrogens is 1. The number of nitriles is 1. The third-order valence-corrected chi connectivity index (χ3v) is 2.67. The van der Waals surface area contributed by atoms with Gasteiger partial charge in [0.15, 0.2) is 0 Å². The summed E-state index contributed by atoms with van der Waals surface area (Å²) in [6.45, 7) is 1.85. The monoisotopic (exact) mass is 261 g/mol. The van der Waals surface area contributed by atoms with Crippen molar-refractivity contribution >= 4 is 17.6 Å². The van der Waals surface area contributed by atoms with E-state index in [0.29, 0.717) is 11.4 Å². The zero-order valence-electron chi connectivity index (χ0n) is 9.01. The molecule has 17 heavy (non-hydrogen) atoms. The van der Waals surface area contributed by atoms with Crippen LogP contribution >= 0.6 is 11.8 Å². The third kappa shape index (κ3) is 4.53. The lowest BCUT2D eigenvalue weighted by Crippen LogP contribution is -2.11. The molecule has 0 amide bonds. The second-order valence-electron chi connectivity index (χ2n) is 3.18. The third-order valence-electron chi connectivity index (χ3n) is 1.93. The predicted molar refractivity (Wildman–Crippen MR) is 60.7 cm³/mol. The maximum absolute atomic E-state index is 11.9. The van der Waals surface area contributed by atoms with Gasteiger partial charge in [-0.2, -0.15) is 18.4 Å². The fourth-order valence-electron chi connectivity index (χ4n) is 1.17. The van der Waals surface area contributed by atoms with Crippen molar-refractivity contribution in [1.82, 2.24) is 4.98 Å². The van der Waals surface area contributed by atoms with Crippen LogP contribution in [0.1, 0.15) is 11.1 Å². The lowest BCUT2D eigenvalue weighted by molar-refractivity contribution is -0.0327. The number of pyridine rings is 1. The Labute approximate surface area is 101 Å². The van der Waals surface area contributed by atoms with Gasteiger partial charge < -0.3 is 5.32 Å². The maximum atomic E-state index is 11.9. The summed E-state index contributed by atoms with van der Waals surface area (Å²) in [6, 6.07) is 3.64. The van der Waals surface area contributed by atoms with Gasteiger partial charge in [-0.3, -0.25) is 0 Å². The van der Waals surface area contributed by atoms with Crippen molar-refractivity contribution in [2.45, 2.75) is 12.4 Å². The molecule has 0 atom stereocenters. The van der Waals surface area contributed by atoms with Crippen LogP contribution in [0.5, 0.6) is 0 Å². The van der Waals surface area contributed by atoms with Crippen molar-refractivity contribution in [1.29, 1.82) is 5.26 Å². The Morgan fingerprint density at radius 1 is 1.53 bits per heavy atom. The van der Waals surface area contributed by atoms with E-state index in [-0.39, 0.29) is 24.1 Å². The molecule has 0 unspecified atom stereocenters. The Balaban J connectivity index is 2.53. The molecule has 0 aliphatic heterocycles. The molecule has 0 bridgehead atoms. The fourth-order valence-corrected chi connectivity index (χ4v) is 1.61. The number of nitrogens with zero attached hydrogens (tertiary/aromatic N) is 2. The van der Waals surface area contributed by atoms with Crippen molar-refractivity contribution in [3.8, 4) is 6.07 Å². The molecule has 0 aliphatic carbocycles. The molecule has 1 rings (SSSR count). The first-order valence-corrected chi connectivity index (χ1v) is 5.73. The number of aryl methyl sites for hydroxylation is 1. The van der Waals surface area contributed by atoms with Crippen LogP contribution in [0.15, 0.2) is 12.3 Å². The summed E-state index contributed by atoms with van der Waals surface area (Å²) in [5, 5.41) is 11.6. The molecule has 0 saturated carbocycles. The summed E-state index contributed by atoms with van der Waals surface area (Å²) in [6.07, 6.45) is 1.51. The molecule has 3 nitrogen and oxygen atoms in total. The molecule has 1 N–H and O–H groups in total. The zero-order valence-corrected chi connectivity index (χ0v) is 9.82. The molecule has 0 saturated heterocycles. The standard InChI is InChI=1S/C10H10F3N3S/c1-7-2-3-15-9(8(7)6-14)16-4-5-17-10(11,12)13/h2-3H,4-5H2,1H3,(H,15,16). The molecular formula is C10H10F3N3S. The summed E-state index contributed by atoms with van der Waals surface area (Å²) >= 11 is -0.103. The molecule has 0 spiro atoms. The minimum atomic E-state index is -4.22. The highest BCUT2D eigenvalue weighted by Gasteiger charge is 2.27. The van der Waals surface area contributed by atoms with Gasteiger partial charge in [0.1, 0.15) is 11.9 Å². The van der Waals surface area contributed by atoms with Crippen molar-refractivity contribution in [2.75, 3.05) is 17.6 Å². The number of rotatable bonds is 4. The Morgan fingerprint density at radius 3 is 2.82 bits per heavy atom. The van der Waals surface area contributed by atoms with E-state index < -0.39 is 5.51 Å². The van der Waals surface area contributed by atoms with Crippen LogP contribution in [-0.4, -0.2) is 22.8 Å². The first-order valence-electron chi connectivity index (χ1n) is 4.74. The zero-order chi connectivity index (χ0) is 12.9. The number of thioether (sulfide) groups is 1. The number of halogens is 3. The summed E-state index contributed by atoms with van der Waals surface area (Å²) < 4.78 is 35.6. The lowest BCUT2D eigenvalue weighted by Gasteiger charge is -2.09. The normalized spacial score (nSPS) is 11.0. The highest BCUT2D eigenvalue weighted by Crippen LogP contribution is 2.29. The van der Waals surface area contributed by atoms with Crippen molar-refractivity contribution in [3.63, 3.8) is 0 Å². The Kier molecular flexibility index (Phi) is 4.63. The minimum absolute atomic E-state index is 0.103. The number of anilines is 1. The van der Waals surface area contributed by atoms with Crippen molar-refractivity contribution in [2.24, 2.45) is 0 Å². The molecule has 1 aromatic rings. The number of hydrogen-bond donors (Lipinski definition) is 1. The van der Waals surface area contributed by atoms with Gasteiger partial charge in [-0.25, -0.2) is 4.98 Å². The fraction of sp³-hybridized carbons (Fsp3) is 0.400. The van der Waals surface area contributed by atoms with Crippen molar-refractivity contribution < 1.29 is 13.2 Å². The summed E-state index contributed by atoms with van der Waals surface area (Å²) in [5.74, 6) is 0.208. The SMILES string of the molecule is Cc1ccnc(NCCSC(F)(F)F)c1C#N. The topological polar surface area (TPSA) is 48.7 Å². The van der Waals surface area contributed by atoms with Gasteiger partial charge in [0.05, 0.1) is 5.56 Å². The van der Waals surface area contributed by atoms with Gasteiger partial charge in [-0.15, -0.1) is 0 Å². The van der Waals surface area contributed by atoms with E-state index in [1.807, 2.05) is 6.07 Å². The molecule has 1 heterocycles. The molecule has 0 aromatic carbocycles. The molecule has 7 heteroatoms. The van der Waals surface area contributed by atoms with E-state index in [4.69, 9.17) is 5.26 Å². The second kappa shape index (κ2) is 5.77. The highest BCUT2D eigenvalue weighted by atomic mass is 32.2. The summed E-state index contributed by atoms with van der Waals surface area (Å²) in [4.78, 5) is 3.92. The first kappa shape index (κ1) is 13.6. The second-order valence-corrected chi connectivity index (χ2v) is 4.34. The van der Waals surface area contributed by atoms with E-state index in [9.17, 15) is 13.2 Å². The van der Waals surface area contributed by atoms with Crippen LogP contribution in [0.3, 0.4) is 0 Å². The molecule has 0 aliphatic rings. The Morgan fingerprint density at radius 2 is 2.24 bits per heavy atom. The number of hydrogen-bond acceptors (Lipinski definition) is 4. The van der Waals surface area contributed by atoms with Crippen LogP contribution < -0.4 is 5.32 Å². The average Bonchev–Trinajstić information content (AvgIpc) is 2.23. The quantitative estimate of drug-likeness (QED) is 0.847. The van der Waals surface area contributed by atoms with E-state index in [1.54, 1.807) is 13.0 Å². The van der Waals surface area contributed by atoms with E-state index >= 15 is 0 Å². The van der Waals surface area contributed by atoms with Crippen LogP contribution in [0.4, 0.5) is 19.0 Å². The lowest BCUT2D eigenvalue weighted by atomic mass is 10.1. The molecule has 92 valence electrons. The number of alkyl halides is 3. The predicted octanol–water partition coefficient (Wildman–Crippen LogP) is 2.93. The maximum Gasteiger partial charge on any atom is 0.441 e. The first-order chi connectivity index (χ1) is 7.94. The van der Waals surface area contributed by atoms with Gasteiger partial charge in [0.25, 0.3) is 0 Å². The average molecular weight is 261 g/mol. The van der Waals surface area contributed by atoms with E-state index in [0.717, 1.165) is 5.56 Å².